The first-order valence-corrected chi connectivity index (χ1v) is 8.69. The minimum Gasteiger partial charge on any atom is -0.341 e. The Bertz CT molecular complexity index is 482. The molecule has 1 saturated heterocycles. The van der Waals surface area contributed by atoms with Gasteiger partial charge in [0.2, 0.25) is 0 Å². The van der Waals surface area contributed by atoms with Gasteiger partial charge in [0, 0.05) is 0 Å². The van der Waals surface area contributed by atoms with E-state index in [9.17, 15) is 14.4 Å². The summed E-state index contributed by atoms with van der Waals surface area (Å²) in [6.07, 6.45) is 3.06. The molecule has 1 rings (SSSR count). The molecular weight excluding hydrogens is 291 g/mol. The van der Waals surface area contributed by atoms with Gasteiger partial charge in [0.15, 0.2) is 0 Å². The Morgan fingerprint density at radius 1 is 1.17 bits per heavy atom. The summed E-state index contributed by atoms with van der Waals surface area (Å²) in [5, 5.41) is 3.14. The van der Waals surface area contributed by atoms with E-state index in [1.807, 2.05) is 27.7 Å². The monoisotopic (exact) mass is 322 g/mol. The average Bonchev–Trinajstić information content (AvgIpc) is 3.01. The van der Waals surface area contributed by atoms with Crippen LogP contribution in [0.15, 0.2) is 0 Å². The summed E-state index contributed by atoms with van der Waals surface area (Å²) in [5.41, 5.74) is -1.28. The van der Waals surface area contributed by atoms with Crippen LogP contribution in [-0.4, -0.2) is 53.2 Å². The van der Waals surface area contributed by atoms with Crippen molar-refractivity contribution in [3.05, 3.63) is 0 Å². The third kappa shape index (κ3) is 4.10. The highest BCUT2D eigenvalue weighted by atomic mass is 16.1. The van der Waals surface area contributed by atoms with E-state index in [-0.39, 0.29) is 30.7 Å². The summed E-state index contributed by atoms with van der Waals surface area (Å²) in [6, 6.07) is -0.158. The highest BCUT2D eigenvalue weighted by molar-refractivity contribution is 6.74. The van der Waals surface area contributed by atoms with Gasteiger partial charge in [0.05, 0.1) is 17.1 Å². The van der Waals surface area contributed by atoms with Crippen LogP contribution in [0, 0.1) is 0 Å². The van der Waals surface area contributed by atoms with E-state index in [1.54, 1.807) is 13.8 Å². The summed E-state index contributed by atoms with van der Waals surface area (Å²) in [7, 11) is 0.148. The number of carbonyl (C=O) groups excluding carboxylic acids is 3. The first-order valence-electron chi connectivity index (χ1n) is 8.69. The molecule has 3 atom stereocenters. The van der Waals surface area contributed by atoms with Crippen LogP contribution in [-0.2, 0) is 14.4 Å². The lowest BCUT2D eigenvalue weighted by Gasteiger charge is -2.41. The second-order valence-corrected chi connectivity index (χ2v) is 7.11. The molecule has 1 aliphatic rings. The van der Waals surface area contributed by atoms with Crippen LogP contribution in [0.5, 0.6) is 0 Å². The van der Waals surface area contributed by atoms with Gasteiger partial charge in [-0.15, -0.1) is 0 Å². The van der Waals surface area contributed by atoms with Gasteiger partial charge in [0.1, 0.15) is 17.2 Å². The molecule has 0 amide bonds. The van der Waals surface area contributed by atoms with Crippen molar-refractivity contribution < 1.29 is 14.4 Å². The molecule has 6 heteroatoms. The third-order valence-corrected chi connectivity index (χ3v) is 5.77. The second-order valence-electron chi connectivity index (χ2n) is 7.11. The fourth-order valence-corrected chi connectivity index (χ4v) is 3.30. The number of ketones is 2. The summed E-state index contributed by atoms with van der Waals surface area (Å²) in [5.74, 6) is 0.166. The van der Waals surface area contributed by atoms with Gasteiger partial charge in [-0.3, -0.25) is 14.5 Å². The highest BCUT2D eigenvalue weighted by Crippen LogP contribution is 2.30. The molecule has 23 heavy (non-hydrogen) atoms. The predicted molar refractivity (Wildman–Crippen MR) is 93.8 cm³/mol. The van der Waals surface area contributed by atoms with Gasteiger partial charge in [0.25, 0.3) is 7.41 Å². The van der Waals surface area contributed by atoms with Crippen molar-refractivity contribution in [1.29, 1.82) is 0 Å². The molecule has 1 aliphatic heterocycles. The highest BCUT2D eigenvalue weighted by Gasteiger charge is 2.45. The minimum atomic E-state index is -0.671. The van der Waals surface area contributed by atoms with E-state index in [0.29, 0.717) is 12.8 Å². The number of nitrogens with one attached hydrogen (secondary N) is 1. The molecule has 1 fully saturated rings. The van der Waals surface area contributed by atoms with E-state index in [0.717, 1.165) is 19.4 Å². The molecule has 5 nitrogen and oxygen atoms in total. The zero-order valence-electron chi connectivity index (χ0n) is 15.5. The van der Waals surface area contributed by atoms with Gasteiger partial charge in [-0.25, -0.2) is 0 Å². The first-order chi connectivity index (χ1) is 10.6. The maximum Gasteiger partial charge on any atom is 0.286 e. The number of hydrogen-bond donors (Lipinski definition) is 1. The summed E-state index contributed by atoms with van der Waals surface area (Å²) in [6.45, 7) is 11.6. The maximum absolute atomic E-state index is 12.9. The Kier molecular flexibility index (Phi) is 6.72. The minimum absolute atomic E-state index is 0.0359. The Labute approximate surface area is 140 Å². The molecule has 0 aromatic heterocycles. The smallest absolute Gasteiger partial charge is 0.286 e. The molecule has 0 bridgehead atoms. The van der Waals surface area contributed by atoms with E-state index < -0.39 is 11.1 Å². The zero-order chi connectivity index (χ0) is 17.8. The number of carbonyl (C=O) groups is 3. The molecule has 1 heterocycles. The number of nitrogens with zero attached hydrogens (tertiary/aromatic N) is 1. The van der Waals surface area contributed by atoms with Crippen LogP contribution in [0.1, 0.15) is 67.2 Å². The summed E-state index contributed by atoms with van der Waals surface area (Å²) in [4.78, 5) is 38.7. The maximum atomic E-state index is 12.9. The van der Waals surface area contributed by atoms with Gasteiger partial charge in [-0.05, 0) is 59.9 Å². The normalized spacial score (nSPS) is 23.8. The second kappa shape index (κ2) is 7.71. The average molecular weight is 322 g/mol. The standard InChI is InChI=1S/C17H31BN2O3/c1-7-16(5,13(4)22)19-18-15(23)17(6,8-2)20-11-9-10-14(20)12(3)21/h14,18-19H,7-11H2,1-6H3. The predicted octanol–water partition coefficient (Wildman–Crippen LogP) is 1.43. The number of hydrogen-bond acceptors (Lipinski definition) is 5. The van der Waals surface area contributed by atoms with Crippen molar-refractivity contribution in [3.63, 3.8) is 0 Å². The molecule has 0 aromatic rings. The molecule has 0 aliphatic carbocycles. The fourth-order valence-electron chi connectivity index (χ4n) is 3.30. The Hall–Kier alpha value is -1.01. The molecule has 0 aromatic carbocycles. The lowest BCUT2D eigenvalue weighted by atomic mass is 9.70. The van der Waals surface area contributed by atoms with Crippen LogP contribution in [0.4, 0.5) is 0 Å². The largest absolute Gasteiger partial charge is 0.341 e. The van der Waals surface area contributed by atoms with Crippen molar-refractivity contribution in [2.24, 2.45) is 0 Å². The van der Waals surface area contributed by atoms with Crippen LogP contribution in [0.3, 0.4) is 0 Å². The van der Waals surface area contributed by atoms with E-state index in [1.165, 1.54) is 0 Å². The lowest BCUT2D eigenvalue weighted by molar-refractivity contribution is -0.129. The van der Waals surface area contributed by atoms with Crippen molar-refractivity contribution in [2.45, 2.75) is 84.3 Å². The Morgan fingerprint density at radius 2 is 1.78 bits per heavy atom. The van der Waals surface area contributed by atoms with E-state index >= 15 is 0 Å². The van der Waals surface area contributed by atoms with Crippen LogP contribution < -0.4 is 5.23 Å². The third-order valence-electron chi connectivity index (χ3n) is 5.77. The molecule has 0 spiro atoms. The van der Waals surface area contributed by atoms with Gasteiger partial charge in [-0.1, -0.05) is 13.8 Å². The van der Waals surface area contributed by atoms with Crippen LogP contribution in [0.2, 0.25) is 0 Å². The SMILES string of the molecule is CCC(C)(NBC(=O)C(C)(CC)N1CCCC1C(C)=O)C(C)=O. The van der Waals surface area contributed by atoms with Gasteiger partial charge in [-0.2, -0.15) is 0 Å². The van der Waals surface area contributed by atoms with Crippen molar-refractivity contribution >= 4 is 24.7 Å². The fraction of sp³-hybridized carbons (Fsp3) is 0.824. The van der Waals surface area contributed by atoms with E-state index in [2.05, 4.69) is 10.1 Å². The van der Waals surface area contributed by atoms with Crippen molar-refractivity contribution in [3.8, 4) is 0 Å². The molecular formula is C17H31BN2O3. The first kappa shape index (κ1) is 20.0. The zero-order valence-corrected chi connectivity index (χ0v) is 15.5. The van der Waals surface area contributed by atoms with Crippen molar-refractivity contribution in [2.75, 3.05) is 6.54 Å². The van der Waals surface area contributed by atoms with Crippen molar-refractivity contribution in [1.82, 2.24) is 10.1 Å². The molecule has 3 unspecified atom stereocenters. The quantitative estimate of drug-likeness (QED) is 0.651. The molecule has 130 valence electrons. The topological polar surface area (TPSA) is 66.5 Å². The Morgan fingerprint density at radius 3 is 2.22 bits per heavy atom. The molecule has 0 radical (unpaired) electrons. The van der Waals surface area contributed by atoms with Gasteiger partial charge < -0.3 is 10.0 Å². The van der Waals surface area contributed by atoms with Crippen LogP contribution >= 0.6 is 0 Å². The summed E-state index contributed by atoms with van der Waals surface area (Å²) < 4.78 is 0. The lowest BCUT2D eigenvalue weighted by Crippen LogP contribution is -2.61. The van der Waals surface area contributed by atoms with Crippen LogP contribution in [0.25, 0.3) is 0 Å². The Balaban J connectivity index is 2.89. The number of Topliss-reactive ketones (excluding diaryl/α,β-unsaturated/α-hetero) is 2. The van der Waals surface area contributed by atoms with E-state index in [4.69, 9.17) is 0 Å². The van der Waals surface area contributed by atoms with Gasteiger partial charge >= 0.3 is 0 Å². The molecule has 0 saturated carbocycles. The molecule has 1 N–H and O–H groups in total. The number of likely N-dealkylation sites (tertiary alicyclic amines) is 1. The number of rotatable bonds is 9. The summed E-state index contributed by atoms with van der Waals surface area (Å²) >= 11 is 0.